The summed E-state index contributed by atoms with van der Waals surface area (Å²) in [6.45, 7) is 1.77. The number of amides is 4. The van der Waals surface area contributed by atoms with Gasteiger partial charge in [0.25, 0.3) is 11.8 Å². The number of rotatable bonds is 5. The number of carbonyl (C=O) groups is 3. The molecule has 0 aliphatic rings. The number of alkyl halides is 3. The fraction of sp³-hybridized carbons (Fsp3) is 0.185. The van der Waals surface area contributed by atoms with E-state index >= 15 is 0 Å². The maximum Gasteiger partial charge on any atom is 0.416 e. The van der Waals surface area contributed by atoms with Gasteiger partial charge in [0.2, 0.25) is 0 Å². The molecule has 0 atom stereocenters. The van der Waals surface area contributed by atoms with Gasteiger partial charge in [-0.25, -0.2) is 9.78 Å². The minimum absolute atomic E-state index is 0.147. The van der Waals surface area contributed by atoms with Gasteiger partial charge in [-0.2, -0.15) is 13.2 Å². The second-order valence-electron chi connectivity index (χ2n) is 8.93. The highest BCUT2D eigenvalue weighted by atomic mass is 32.1. The molecule has 0 aliphatic heterocycles. The lowest BCUT2D eigenvalue weighted by atomic mass is 10.1. The summed E-state index contributed by atoms with van der Waals surface area (Å²) in [6, 6.07) is 13.7. The van der Waals surface area contributed by atoms with Crippen LogP contribution >= 0.6 is 11.3 Å². The van der Waals surface area contributed by atoms with Gasteiger partial charge in [-0.1, -0.05) is 23.5 Å². The Kier molecular flexibility index (Phi) is 7.59. The summed E-state index contributed by atoms with van der Waals surface area (Å²) in [6.07, 6.45) is -4.57. The number of nitrogens with zero attached hydrogens (tertiary/aromatic N) is 3. The number of hydrogen-bond donors (Lipinski definition) is 2. The molecule has 1 heterocycles. The molecule has 0 saturated heterocycles. The number of anilines is 3. The van der Waals surface area contributed by atoms with Gasteiger partial charge in [-0.3, -0.25) is 14.5 Å². The topological polar surface area (TPSA) is 94.6 Å². The standard InChI is InChI=1S/C27H24F3N5O3S/c1-15-8-10-19(31-23(36)16-6-5-7-18(12-16)27(28,29)30)14-21(15)32-24(37)17-9-11-20-22(13-17)39-25(33-20)35(4)26(38)34(2)3/h5-14H,1-4H3,(H,31,36)(H,32,37). The van der Waals surface area contributed by atoms with Crippen molar-refractivity contribution >= 4 is 55.9 Å². The van der Waals surface area contributed by atoms with E-state index in [0.717, 1.165) is 16.8 Å². The van der Waals surface area contributed by atoms with Crippen molar-refractivity contribution in [2.75, 3.05) is 36.7 Å². The summed E-state index contributed by atoms with van der Waals surface area (Å²) in [5, 5.41) is 5.87. The Balaban J connectivity index is 1.51. The van der Waals surface area contributed by atoms with Crippen LogP contribution in [0.3, 0.4) is 0 Å². The van der Waals surface area contributed by atoms with E-state index in [-0.39, 0.29) is 11.6 Å². The van der Waals surface area contributed by atoms with Crippen molar-refractivity contribution in [1.82, 2.24) is 9.88 Å². The van der Waals surface area contributed by atoms with E-state index in [0.29, 0.717) is 33.1 Å². The van der Waals surface area contributed by atoms with Crippen molar-refractivity contribution in [1.29, 1.82) is 0 Å². The minimum atomic E-state index is -4.57. The second kappa shape index (κ2) is 10.7. The lowest BCUT2D eigenvalue weighted by Crippen LogP contribution is -2.36. The predicted octanol–water partition coefficient (Wildman–Crippen LogP) is 6.25. The predicted molar refractivity (Wildman–Crippen MR) is 146 cm³/mol. The Hall–Kier alpha value is -4.45. The first-order chi connectivity index (χ1) is 18.3. The van der Waals surface area contributed by atoms with Crippen LogP contribution in [0.5, 0.6) is 0 Å². The molecule has 4 aromatic rings. The molecule has 12 heteroatoms. The van der Waals surface area contributed by atoms with Crippen LogP contribution in [0.15, 0.2) is 60.7 Å². The molecular formula is C27H24F3N5O3S. The molecule has 0 aliphatic carbocycles. The lowest BCUT2D eigenvalue weighted by molar-refractivity contribution is -0.137. The summed E-state index contributed by atoms with van der Waals surface area (Å²) in [5.74, 6) is -1.12. The fourth-order valence-electron chi connectivity index (χ4n) is 3.65. The molecule has 1 aromatic heterocycles. The number of nitrogens with one attached hydrogen (secondary N) is 2. The first-order valence-corrected chi connectivity index (χ1v) is 12.4. The molecule has 39 heavy (non-hydrogen) atoms. The summed E-state index contributed by atoms with van der Waals surface area (Å²) in [5.41, 5.74) is 1.36. The Bertz CT molecular complexity index is 1580. The summed E-state index contributed by atoms with van der Waals surface area (Å²) in [4.78, 5) is 45.2. The second-order valence-corrected chi connectivity index (χ2v) is 9.94. The smallest absolute Gasteiger partial charge is 0.330 e. The average Bonchev–Trinajstić information content (AvgIpc) is 3.32. The van der Waals surface area contributed by atoms with Crippen molar-refractivity contribution in [2.24, 2.45) is 0 Å². The van der Waals surface area contributed by atoms with Gasteiger partial charge < -0.3 is 15.5 Å². The molecule has 202 valence electrons. The van der Waals surface area contributed by atoms with Crippen molar-refractivity contribution in [3.05, 3.63) is 82.9 Å². The van der Waals surface area contributed by atoms with Crippen LogP contribution in [0.2, 0.25) is 0 Å². The number of benzene rings is 3. The number of thiazole rings is 1. The van der Waals surface area contributed by atoms with Gasteiger partial charge >= 0.3 is 12.2 Å². The van der Waals surface area contributed by atoms with Gasteiger partial charge in [0.1, 0.15) is 0 Å². The summed E-state index contributed by atoms with van der Waals surface area (Å²) >= 11 is 1.27. The van der Waals surface area contributed by atoms with Crippen LogP contribution in [0.25, 0.3) is 10.2 Å². The van der Waals surface area contributed by atoms with E-state index in [1.807, 2.05) is 0 Å². The largest absolute Gasteiger partial charge is 0.416 e. The van der Waals surface area contributed by atoms with E-state index in [2.05, 4.69) is 15.6 Å². The molecule has 0 radical (unpaired) electrons. The fourth-order valence-corrected chi connectivity index (χ4v) is 4.61. The zero-order chi connectivity index (χ0) is 28.5. The van der Waals surface area contributed by atoms with Crippen LogP contribution in [-0.4, -0.2) is 48.9 Å². The Morgan fingerprint density at radius 2 is 1.56 bits per heavy atom. The van der Waals surface area contributed by atoms with E-state index in [9.17, 15) is 27.6 Å². The number of aryl methyl sites for hydroxylation is 1. The molecular weight excluding hydrogens is 531 g/mol. The highest BCUT2D eigenvalue weighted by Crippen LogP contribution is 2.31. The normalized spacial score (nSPS) is 11.3. The Morgan fingerprint density at radius 3 is 2.26 bits per heavy atom. The SMILES string of the molecule is Cc1ccc(NC(=O)c2cccc(C(F)(F)F)c2)cc1NC(=O)c1ccc2nc(N(C)C(=O)N(C)C)sc2c1. The summed E-state index contributed by atoms with van der Waals surface area (Å²) in [7, 11) is 4.90. The Morgan fingerprint density at radius 1 is 0.872 bits per heavy atom. The van der Waals surface area contributed by atoms with Crippen molar-refractivity contribution in [3.63, 3.8) is 0 Å². The van der Waals surface area contributed by atoms with E-state index in [1.54, 1.807) is 58.4 Å². The highest BCUT2D eigenvalue weighted by Gasteiger charge is 2.31. The maximum atomic E-state index is 13.0. The number of carbonyl (C=O) groups excluding carboxylic acids is 3. The first kappa shape index (κ1) is 27.6. The molecule has 0 fully saturated rings. The number of aromatic nitrogens is 1. The maximum absolute atomic E-state index is 13.0. The van der Waals surface area contributed by atoms with Crippen molar-refractivity contribution < 1.29 is 27.6 Å². The van der Waals surface area contributed by atoms with E-state index in [4.69, 9.17) is 0 Å². The van der Waals surface area contributed by atoms with Gasteiger partial charge in [0.05, 0.1) is 15.8 Å². The van der Waals surface area contributed by atoms with Crippen LogP contribution < -0.4 is 15.5 Å². The van der Waals surface area contributed by atoms with Crippen molar-refractivity contribution in [2.45, 2.75) is 13.1 Å². The van der Waals surface area contributed by atoms with Crippen LogP contribution in [-0.2, 0) is 6.18 Å². The van der Waals surface area contributed by atoms with Crippen LogP contribution in [0.1, 0.15) is 31.8 Å². The molecule has 0 spiro atoms. The number of fused-ring (bicyclic) bond motifs is 1. The van der Waals surface area contributed by atoms with Crippen LogP contribution in [0.4, 0.5) is 34.5 Å². The third-order valence-electron chi connectivity index (χ3n) is 5.79. The monoisotopic (exact) mass is 555 g/mol. The molecule has 8 nitrogen and oxygen atoms in total. The zero-order valence-electron chi connectivity index (χ0n) is 21.4. The quantitative estimate of drug-likeness (QED) is 0.305. The third kappa shape index (κ3) is 6.17. The van der Waals surface area contributed by atoms with Gasteiger partial charge in [-0.05, 0) is 61.0 Å². The summed E-state index contributed by atoms with van der Waals surface area (Å²) < 4.78 is 39.7. The van der Waals surface area contributed by atoms with E-state index < -0.39 is 23.6 Å². The van der Waals surface area contributed by atoms with E-state index in [1.165, 1.54) is 39.3 Å². The number of urea groups is 1. The lowest BCUT2D eigenvalue weighted by Gasteiger charge is -2.18. The first-order valence-electron chi connectivity index (χ1n) is 11.6. The molecule has 4 rings (SSSR count). The number of hydrogen-bond acceptors (Lipinski definition) is 5. The molecule has 2 N–H and O–H groups in total. The number of halogens is 3. The van der Waals surface area contributed by atoms with Crippen molar-refractivity contribution in [3.8, 4) is 0 Å². The van der Waals surface area contributed by atoms with Crippen LogP contribution in [0, 0.1) is 6.92 Å². The Labute approximate surface area is 226 Å². The third-order valence-corrected chi connectivity index (χ3v) is 6.89. The molecule has 3 aromatic carbocycles. The zero-order valence-corrected chi connectivity index (χ0v) is 22.2. The highest BCUT2D eigenvalue weighted by molar-refractivity contribution is 7.22. The van der Waals surface area contributed by atoms with Gasteiger partial charge in [-0.15, -0.1) is 0 Å². The minimum Gasteiger partial charge on any atom is -0.330 e. The van der Waals surface area contributed by atoms with Gasteiger partial charge in [0, 0.05) is 43.6 Å². The average molecular weight is 556 g/mol. The molecule has 0 bridgehead atoms. The molecule has 0 saturated carbocycles. The molecule has 0 unspecified atom stereocenters. The molecule has 4 amide bonds. The van der Waals surface area contributed by atoms with Gasteiger partial charge in [0.15, 0.2) is 5.13 Å².